The second kappa shape index (κ2) is 8.92. The highest BCUT2D eigenvalue weighted by Crippen LogP contribution is 2.47. The minimum atomic E-state index is 0.0601. The molecule has 1 aromatic heterocycles. The molecule has 0 saturated carbocycles. The molecule has 0 amide bonds. The number of pyridine rings is 1. The number of aryl methyl sites for hydroxylation is 1. The fraction of sp³-hybridized carbons (Fsp3) is 0.444. The zero-order chi connectivity index (χ0) is 23.0. The van der Waals surface area contributed by atoms with Gasteiger partial charge < -0.3 is 14.5 Å². The summed E-state index contributed by atoms with van der Waals surface area (Å²) in [6.45, 7) is 17.1. The molecule has 170 valence electrons. The van der Waals surface area contributed by atoms with E-state index in [4.69, 9.17) is 21.3 Å². The number of hydrogen-bond acceptors (Lipinski definition) is 4. The van der Waals surface area contributed by atoms with Crippen molar-refractivity contribution in [2.75, 3.05) is 42.6 Å². The number of morpholine rings is 1. The summed E-state index contributed by atoms with van der Waals surface area (Å²) in [5, 5.41) is 1.83. The average Bonchev–Trinajstić information content (AvgIpc) is 3.09. The lowest BCUT2D eigenvalue weighted by Crippen LogP contribution is -2.36. The van der Waals surface area contributed by atoms with Crippen LogP contribution in [0.4, 0.5) is 17.1 Å². The summed E-state index contributed by atoms with van der Waals surface area (Å²) in [6, 6.07) is 13.3. The molecule has 2 aliphatic rings. The summed E-state index contributed by atoms with van der Waals surface area (Å²) >= 11 is 6.72. The second-order valence-electron chi connectivity index (χ2n) is 9.08. The van der Waals surface area contributed by atoms with Crippen molar-refractivity contribution in [1.82, 2.24) is 4.98 Å². The third-order valence-electron chi connectivity index (χ3n) is 6.62. The van der Waals surface area contributed by atoms with E-state index in [1.165, 1.54) is 16.9 Å². The molecule has 0 N–H and O–H groups in total. The molecule has 5 rings (SSSR count). The maximum Gasteiger partial charge on any atom is 0.0957 e. The van der Waals surface area contributed by atoms with Crippen LogP contribution < -0.4 is 9.80 Å². The number of halogens is 1. The van der Waals surface area contributed by atoms with E-state index >= 15 is 0 Å². The Hall–Kier alpha value is -2.30. The van der Waals surface area contributed by atoms with Crippen molar-refractivity contribution in [1.29, 1.82) is 0 Å². The molecule has 0 atom stereocenters. The van der Waals surface area contributed by atoms with Crippen molar-refractivity contribution in [3.63, 3.8) is 0 Å². The predicted octanol–water partition coefficient (Wildman–Crippen LogP) is 6.80. The van der Waals surface area contributed by atoms with Crippen LogP contribution >= 0.6 is 11.6 Å². The van der Waals surface area contributed by atoms with E-state index in [1.54, 1.807) is 0 Å². The molecule has 0 aliphatic carbocycles. The number of nitrogens with zero attached hydrogens (tertiary/aromatic N) is 3. The molecule has 0 radical (unpaired) electrons. The first kappa shape index (κ1) is 22.9. The van der Waals surface area contributed by atoms with Crippen LogP contribution in [0.2, 0.25) is 5.02 Å². The van der Waals surface area contributed by atoms with Gasteiger partial charge in [0.15, 0.2) is 0 Å². The van der Waals surface area contributed by atoms with Gasteiger partial charge in [0.2, 0.25) is 0 Å². The highest BCUT2D eigenvalue weighted by Gasteiger charge is 2.37. The first-order chi connectivity index (χ1) is 15.4. The Morgan fingerprint density at radius 2 is 1.72 bits per heavy atom. The molecule has 3 aromatic rings. The van der Waals surface area contributed by atoms with Crippen molar-refractivity contribution in [3.05, 3.63) is 58.2 Å². The fourth-order valence-corrected chi connectivity index (χ4v) is 5.06. The summed E-state index contributed by atoms with van der Waals surface area (Å²) < 4.78 is 5.54. The van der Waals surface area contributed by atoms with Crippen LogP contribution in [0.3, 0.4) is 0 Å². The summed E-state index contributed by atoms with van der Waals surface area (Å²) in [7, 11) is 0. The predicted molar refractivity (Wildman–Crippen MR) is 137 cm³/mol. The van der Waals surface area contributed by atoms with E-state index < -0.39 is 0 Å². The summed E-state index contributed by atoms with van der Waals surface area (Å²) in [6.07, 6.45) is 0. The van der Waals surface area contributed by atoms with Gasteiger partial charge >= 0.3 is 0 Å². The maximum atomic E-state index is 6.72. The summed E-state index contributed by atoms with van der Waals surface area (Å²) in [5.41, 5.74) is 8.12. The van der Waals surface area contributed by atoms with Gasteiger partial charge in [-0.3, -0.25) is 4.98 Å². The Bertz CT molecular complexity index is 1140. The average molecular weight is 452 g/mol. The molecule has 0 spiro atoms. The largest absolute Gasteiger partial charge is 0.378 e. The molecular weight excluding hydrogens is 418 g/mol. The maximum absolute atomic E-state index is 6.72. The minimum Gasteiger partial charge on any atom is -0.378 e. The zero-order valence-corrected chi connectivity index (χ0v) is 20.9. The van der Waals surface area contributed by atoms with Crippen LogP contribution in [0.15, 0.2) is 36.4 Å². The monoisotopic (exact) mass is 451 g/mol. The van der Waals surface area contributed by atoms with Gasteiger partial charge in [-0.15, -0.1) is 0 Å². The number of rotatable bonds is 2. The Kier molecular flexibility index (Phi) is 6.37. The van der Waals surface area contributed by atoms with Crippen LogP contribution in [0.1, 0.15) is 44.5 Å². The first-order valence-electron chi connectivity index (χ1n) is 11.7. The van der Waals surface area contributed by atoms with Gasteiger partial charge in [0.1, 0.15) is 0 Å². The van der Waals surface area contributed by atoms with E-state index in [2.05, 4.69) is 60.0 Å². The quantitative estimate of drug-likeness (QED) is 0.428. The van der Waals surface area contributed by atoms with Gasteiger partial charge in [-0.05, 0) is 43.2 Å². The van der Waals surface area contributed by atoms with Crippen molar-refractivity contribution in [3.8, 4) is 0 Å². The van der Waals surface area contributed by atoms with Crippen molar-refractivity contribution >= 4 is 39.6 Å². The molecule has 3 heterocycles. The minimum absolute atomic E-state index is 0.0601. The molecule has 5 heteroatoms. The fourth-order valence-electron chi connectivity index (χ4n) is 4.77. The molecule has 1 saturated heterocycles. The molecule has 0 unspecified atom stereocenters. The number of fused-ring (bicyclic) bond motifs is 2. The van der Waals surface area contributed by atoms with Crippen molar-refractivity contribution < 1.29 is 4.74 Å². The highest BCUT2D eigenvalue weighted by molar-refractivity contribution is 6.36. The Morgan fingerprint density at radius 3 is 2.44 bits per heavy atom. The number of para-hydroxylation sites is 1. The number of benzene rings is 2. The first-order valence-corrected chi connectivity index (χ1v) is 12.0. The van der Waals surface area contributed by atoms with Crippen LogP contribution in [-0.2, 0) is 10.2 Å². The summed E-state index contributed by atoms with van der Waals surface area (Å²) in [5.74, 6) is 0. The van der Waals surface area contributed by atoms with Gasteiger partial charge in [-0.2, -0.15) is 0 Å². The van der Waals surface area contributed by atoms with Gasteiger partial charge in [-0.25, -0.2) is 0 Å². The SMILES string of the molecule is CC.Cc1nc2c(N3CC(C)(C)c4ccc(N5CCOCC5)cc43)cccc2c(Cl)c1C. The van der Waals surface area contributed by atoms with Crippen LogP contribution in [0.25, 0.3) is 10.9 Å². The van der Waals surface area contributed by atoms with Gasteiger partial charge in [0.25, 0.3) is 0 Å². The van der Waals surface area contributed by atoms with E-state index in [1.807, 2.05) is 27.7 Å². The Morgan fingerprint density at radius 1 is 1.00 bits per heavy atom. The number of anilines is 3. The smallest absolute Gasteiger partial charge is 0.0957 e. The van der Waals surface area contributed by atoms with E-state index in [9.17, 15) is 0 Å². The molecule has 1 fully saturated rings. The summed E-state index contributed by atoms with van der Waals surface area (Å²) in [4.78, 5) is 9.81. The van der Waals surface area contributed by atoms with E-state index in [0.717, 1.165) is 65.7 Å². The molecule has 0 bridgehead atoms. The highest BCUT2D eigenvalue weighted by atomic mass is 35.5. The molecular formula is C27H34ClN3O. The lowest BCUT2D eigenvalue weighted by atomic mass is 9.87. The Balaban J connectivity index is 0.00000119. The van der Waals surface area contributed by atoms with Gasteiger partial charge in [0.05, 0.1) is 29.4 Å². The molecule has 2 aromatic carbocycles. The Labute approximate surface area is 197 Å². The van der Waals surface area contributed by atoms with Crippen molar-refractivity contribution in [2.45, 2.75) is 47.0 Å². The standard InChI is InChI=1S/C25H28ClN3O.C2H6/c1-16-17(2)27-24-19(23(16)26)6-5-7-21(24)29-15-25(3,4)20-9-8-18(14-22(20)29)28-10-12-30-13-11-28;1-2/h5-9,14H,10-13,15H2,1-4H3;1-2H3. The normalized spacial score (nSPS) is 17.2. The number of hydrogen-bond donors (Lipinski definition) is 0. The number of aromatic nitrogens is 1. The van der Waals surface area contributed by atoms with Crippen LogP contribution in [-0.4, -0.2) is 37.8 Å². The molecule has 2 aliphatic heterocycles. The lowest BCUT2D eigenvalue weighted by Gasteiger charge is -2.30. The lowest BCUT2D eigenvalue weighted by molar-refractivity contribution is 0.122. The van der Waals surface area contributed by atoms with E-state index in [-0.39, 0.29) is 5.41 Å². The van der Waals surface area contributed by atoms with E-state index in [0.29, 0.717) is 0 Å². The molecule has 32 heavy (non-hydrogen) atoms. The third kappa shape index (κ3) is 3.84. The number of ether oxygens (including phenoxy) is 1. The second-order valence-corrected chi connectivity index (χ2v) is 9.46. The third-order valence-corrected chi connectivity index (χ3v) is 7.11. The van der Waals surface area contributed by atoms with Crippen LogP contribution in [0.5, 0.6) is 0 Å². The molecule has 4 nitrogen and oxygen atoms in total. The van der Waals surface area contributed by atoms with Gasteiger partial charge in [0, 0.05) is 47.5 Å². The van der Waals surface area contributed by atoms with Crippen LogP contribution in [0, 0.1) is 13.8 Å². The topological polar surface area (TPSA) is 28.6 Å². The zero-order valence-electron chi connectivity index (χ0n) is 20.1. The van der Waals surface area contributed by atoms with Crippen molar-refractivity contribution in [2.24, 2.45) is 0 Å². The van der Waals surface area contributed by atoms with Gasteiger partial charge in [-0.1, -0.05) is 57.5 Å².